The van der Waals surface area contributed by atoms with E-state index in [2.05, 4.69) is 128 Å². The van der Waals surface area contributed by atoms with Gasteiger partial charge in [0.1, 0.15) is 0 Å². The van der Waals surface area contributed by atoms with E-state index in [1.807, 2.05) is 0 Å². The van der Waals surface area contributed by atoms with Crippen LogP contribution >= 0.6 is 34.5 Å². The predicted molar refractivity (Wildman–Crippen MR) is 183 cm³/mol. The van der Waals surface area contributed by atoms with Crippen LogP contribution in [0.15, 0.2) is 72.8 Å². The Morgan fingerprint density at radius 3 is 1.13 bits per heavy atom. The van der Waals surface area contributed by atoms with Gasteiger partial charge in [-0.15, -0.1) is 80.7 Å². The van der Waals surface area contributed by atoms with Crippen molar-refractivity contribution in [3.05, 3.63) is 72.8 Å². The van der Waals surface area contributed by atoms with Gasteiger partial charge in [0.05, 0.1) is 0 Å². The van der Waals surface area contributed by atoms with E-state index in [1.54, 1.807) is 10.6 Å². The average Bonchev–Trinajstić information content (AvgIpc) is 3.57. The minimum atomic E-state index is -0.556. The molecule has 0 aliphatic carbocycles. The van der Waals surface area contributed by atoms with Crippen LogP contribution in [0.3, 0.4) is 0 Å². The van der Waals surface area contributed by atoms with E-state index in [4.69, 9.17) is 18.6 Å². The van der Waals surface area contributed by atoms with Gasteiger partial charge in [-0.25, -0.2) is 0 Å². The van der Waals surface area contributed by atoms with Gasteiger partial charge < -0.3 is 0 Å². The predicted octanol–water partition coefficient (Wildman–Crippen LogP) is 11.9. The molecule has 4 rings (SSSR count). The molecule has 4 atom stereocenters. The second kappa shape index (κ2) is 18.4. The van der Waals surface area contributed by atoms with Gasteiger partial charge in [0, 0.05) is 0 Å². The van der Waals surface area contributed by atoms with E-state index >= 15 is 0 Å². The number of fused-ring (bicyclic) bond motifs is 2. The number of rotatable bonds is 10. The summed E-state index contributed by atoms with van der Waals surface area (Å²) in [6, 6.07) is 27.2. The van der Waals surface area contributed by atoms with Gasteiger partial charge in [0.15, 0.2) is 0 Å². The SMILES string of the molecule is CCC(C)P(c1cc2ccccc2[cH-]1)C(C)CC.CCC(C)P(c1cc2ccccc2[cH-]1)C(C)CC.[Cl][Ti][Cl]. The molecule has 0 spiro atoms. The van der Waals surface area contributed by atoms with E-state index in [1.165, 1.54) is 47.2 Å². The molecule has 5 heteroatoms. The van der Waals surface area contributed by atoms with Crippen molar-refractivity contribution in [1.82, 2.24) is 0 Å². The molecule has 0 aliphatic heterocycles. The molecule has 4 unspecified atom stereocenters. The summed E-state index contributed by atoms with van der Waals surface area (Å²) < 4.78 is 0. The van der Waals surface area contributed by atoms with Crippen molar-refractivity contribution in [3.8, 4) is 0 Å². The number of benzene rings is 2. The first-order valence-corrected chi connectivity index (χ1v) is 21.9. The maximum absolute atomic E-state index is 4.89. The van der Waals surface area contributed by atoms with Gasteiger partial charge in [-0.1, -0.05) is 83.4 Å². The Morgan fingerprint density at radius 2 is 0.872 bits per heavy atom. The van der Waals surface area contributed by atoms with Gasteiger partial charge in [-0.3, -0.25) is 0 Å². The van der Waals surface area contributed by atoms with Crippen molar-refractivity contribution in [2.24, 2.45) is 0 Å². The topological polar surface area (TPSA) is 0 Å². The number of halogens is 2. The van der Waals surface area contributed by atoms with Crippen LogP contribution in [0.5, 0.6) is 0 Å². The minimum absolute atomic E-state index is 0.0252. The molecule has 0 N–H and O–H groups in total. The molecule has 0 aliphatic rings. The first-order chi connectivity index (χ1) is 18.8. The van der Waals surface area contributed by atoms with Crippen LogP contribution in [0.2, 0.25) is 0 Å². The summed E-state index contributed by atoms with van der Waals surface area (Å²) in [6.45, 7) is 19.0. The molecule has 4 aromatic rings. The van der Waals surface area contributed by atoms with Crippen molar-refractivity contribution < 1.29 is 17.0 Å². The average molecular weight is 637 g/mol. The fraction of sp³-hybridized carbons (Fsp3) is 0.471. The van der Waals surface area contributed by atoms with Gasteiger partial charge in [-0.05, 0) is 48.3 Å². The molecule has 0 fully saturated rings. The normalized spacial score (nSPS) is 15.7. The zero-order valence-electron chi connectivity index (χ0n) is 25.2. The summed E-state index contributed by atoms with van der Waals surface area (Å²) in [5.41, 5.74) is 3.30. The van der Waals surface area contributed by atoms with E-state index in [0.717, 1.165) is 22.6 Å². The van der Waals surface area contributed by atoms with Crippen LogP contribution in [0.25, 0.3) is 21.5 Å². The Morgan fingerprint density at radius 1 is 0.590 bits per heavy atom. The Labute approximate surface area is 258 Å². The molecule has 0 saturated carbocycles. The van der Waals surface area contributed by atoms with E-state index in [9.17, 15) is 0 Å². The summed E-state index contributed by atoms with van der Waals surface area (Å²) in [5.74, 6) is 0. The van der Waals surface area contributed by atoms with Crippen molar-refractivity contribution >= 4 is 66.6 Å². The zero-order valence-corrected chi connectivity index (χ0v) is 30.1. The Bertz CT molecular complexity index is 1040. The molecular weight excluding hydrogens is 589 g/mol. The molecule has 39 heavy (non-hydrogen) atoms. The number of hydrogen-bond donors (Lipinski definition) is 0. The summed E-state index contributed by atoms with van der Waals surface area (Å²) in [5, 5.41) is 8.85. The third kappa shape index (κ3) is 9.95. The molecule has 0 saturated heterocycles. The van der Waals surface area contributed by atoms with Crippen LogP contribution in [0.4, 0.5) is 0 Å². The van der Waals surface area contributed by atoms with Crippen LogP contribution in [-0.2, 0) is 17.0 Å². The van der Waals surface area contributed by atoms with E-state index in [-0.39, 0.29) is 15.8 Å². The fourth-order valence-corrected chi connectivity index (χ4v) is 11.7. The first kappa shape index (κ1) is 35.0. The molecule has 0 amide bonds. The van der Waals surface area contributed by atoms with Crippen molar-refractivity contribution in [3.63, 3.8) is 0 Å². The van der Waals surface area contributed by atoms with Crippen LogP contribution in [0.1, 0.15) is 81.1 Å². The molecule has 0 heterocycles. The fourth-order valence-electron chi connectivity index (χ4n) is 5.24. The van der Waals surface area contributed by atoms with E-state index < -0.39 is 17.0 Å². The molecule has 0 nitrogen and oxygen atoms in total. The third-order valence-corrected chi connectivity index (χ3v) is 15.0. The molecule has 4 aromatic carbocycles. The quantitative estimate of drug-likeness (QED) is 0.0922. The second-order valence-corrected chi connectivity index (χ2v) is 19.4. The monoisotopic (exact) mass is 636 g/mol. The van der Waals surface area contributed by atoms with Crippen molar-refractivity contribution in [1.29, 1.82) is 0 Å². The van der Waals surface area contributed by atoms with Crippen LogP contribution in [-0.4, -0.2) is 22.6 Å². The van der Waals surface area contributed by atoms with Gasteiger partial charge in [0.2, 0.25) is 0 Å². The first-order valence-electron chi connectivity index (χ1n) is 14.6. The summed E-state index contributed by atoms with van der Waals surface area (Å²) >= 11 is -0.556. The number of hydrogen-bond acceptors (Lipinski definition) is 0. The van der Waals surface area contributed by atoms with Gasteiger partial charge in [0.25, 0.3) is 0 Å². The Balaban J connectivity index is 0.000000249. The Hall–Kier alpha value is -0.186. The molecular formula is C34H48Cl2P2Ti-2. The zero-order chi connectivity index (χ0) is 28.9. The van der Waals surface area contributed by atoms with Crippen LogP contribution in [0, 0.1) is 0 Å². The Kier molecular flexibility index (Phi) is 16.5. The van der Waals surface area contributed by atoms with Gasteiger partial charge >= 0.3 is 35.6 Å². The molecule has 214 valence electrons. The molecule has 0 aromatic heterocycles. The van der Waals surface area contributed by atoms with E-state index in [0.29, 0.717) is 0 Å². The summed E-state index contributed by atoms with van der Waals surface area (Å²) in [6.07, 6.45) is 5.16. The summed E-state index contributed by atoms with van der Waals surface area (Å²) in [4.78, 5) is 0. The molecule has 0 bridgehead atoms. The summed E-state index contributed by atoms with van der Waals surface area (Å²) in [7, 11) is 9.73. The van der Waals surface area contributed by atoms with Crippen molar-refractivity contribution in [2.75, 3.05) is 0 Å². The standard InChI is InChI=1S/2C17H24P.2ClH.Ti/c2*1-5-13(3)18(14(4)6-2)17-11-15-9-7-8-10-16(15)12-17;;;/h2*7-14H,5-6H2,1-4H3;2*1H;/q2*-1;;;+2/p-2. The van der Waals surface area contributed by atoms with Gasteiger partial charge in [-0.2, -0.15) is 12.1 Å². The molecule has 0 radical (unpaired) electrons. The second-order valence-electron chi connectivity index (χ2n) is 10.6. The maximum atomic E-state index is 4.89. The van der Waals surface area contributed by atoms with Crippen LogP contribution < -0.4 is 10.6 Å². The third-order valence-electron chi connectivity index (χ3n) is 8.06. The van der Waals surface area contributed by atoms with Crippen molar-refractivity contribution in [2.45, 2.75) is 104 Å².